The minimum Gasteiger partial charge on any atom is -0.340 e. The van der Waals surface area contributed by atoms with Crippen LogP contribution in [0.4, 0.5) is 0 Å². The maximum absolute atomic E-state index is 12.4. The molecule has 2 aliphatic heterocycles. The first kappa shape index (κ1) is 16.9. The number of amides is 1. The van der Waals surface area contributed by atoms with Crippen molar-refractivity contribution in [3.63, 3.8) is 0 Å². The van der Waals surface area contributed by atoms with Crippen LogP contribution in [0.5, 0.6) is 0 Å². The Labute approximate surface area is 141 Å². The molecule has 1 aromatic rings. The largest absolute Gasteiger partial charge is 0.340 e. The molecule has 2 fully saturated rings. The zero-order valence-corrected chi connectivity index (χ0v) is 15.0. The average molecular weight is 358 g/mol. The van der Waals surface area contributed by atoms with Crippen LogP contribution in [-0.4, -0.2) is 66.8 Å². The SMILES string of the molecule is CCc1nc(CN2CCN(C(=O)C3CCS(=O)(=O)C3)CC2)cs1. The Morgan fingerprint density at radius 3 is 2.65 bits per heavy atom. The Balaban J connectivity index is 1.49. The predicted molar refractivity (Wildman–Crippen MR) is 90.1 cm³/mol. The van der Waals surface area contributed by atoms with Crippen molar-refractivity contribution >= 4 is 27.1 Å². The molecular weight excluding hydrogens is 334 g/mol. The Bertz CT molecular complexity index is 663. The van der Waals surface area contributed by atoms with E-state index in [-0.39, 0.29) is 23.3 Å². The number of carbonyl (C=O) groups excluding carboxylic acids is 1. The summed E-state index contributed by atoms with van der Waals surface area (Å²) in [7, 11) is -3.00. The van der Waals surface area contributed by atoms with Gasteiger partial charge in [-0.15, -0.1) is 11.3 Å². The fourth-order valence-electron chi connectivity index (χ4n) is 3.19. The molecule has 0 bridgehead atoms. The lowest BCUT2D eigenvalue weighted by Crippen LogP contribution is -2.50. The van der Waals surface area contributed by atoms with E-state index in [0.717, 1.165) is 36.8 Å². The monoisotopic (exact) mass is 357 g/mol. The number of thiazole rings is 1. The van der Waals surface area contributed by atoms with E-state index in [9.17, 15) is 13.2 Å². The van der Waals surface area contributed by atoms with Crippen LogP contribution in [0.1, 0.15) is 24.0 Å². The van der Waals surface area contributed by atoms with E-state index in [0.29, 0.717) is 19.5 Å². The van der Waals surface area contributed by atoms with Gasteiger partial charge >= 0.3 is 0 Å². The highest BCUT2D eigenvalue weighted by molar-refractivity contribution is 7.91. The summed E-state index contributed by atoms with van der Waals surface area (Å²) in [4.78, 5) is 21.2. The molecule has 128 valence electrons. The normalized spacial score (nSPS) is 24.9. The second-order valence-electron chi connectivity index (χ2n) is 6.29. The first-order chi connectivity index (χ1) is 11.0. The molecular formula is C15H23N3O3S2. The van der Waals surface area contributed by atoms with E-state index in [1.807, 2.05) is 4.90 Å². The third kappa shape index (κ3) is 4.10. The minimum absolute atomic E-state index is 0.0210. The van der Waals surface area contributed by atoms with Crippen LogP contribution in [0.2, 0.25) is 0 Å². The van der Waals surface area contributed by atoms with E-state index < -0.39 is 9.84 Å². The molecule has 2 aliphatic rings. The van der Waals surface area contributed by atoms with Crippen LogP contribution in [0.3, 0.4) is 0 Å². The van der Waals surface area contributed by atoms with Crippen LogP contribution in [-0.2, 0) is 27.6 Å². The van der Waals surface area contributed by atoms with Crippen LogP contribution in [0, 0.1) is 5.92 Å². The molecule has 0 aliphatic carbocycles. The standard InChI is InChI=1S/C15H23N3O3S2/c1-2-14-16-13(10-22-14)9-17-4-6-18(7-5-17)15(19)12-3-8-23(20,21)11-12/h10,12H,2-9,11H2,1H3. The molecule has 23 heavy (non-hydrogen) atoms. The first-order valence-electron chi connectivity index (χ1n) is 8.11. The summed E-state index contributed by atoms with van der Waals surface area (Å²) < 4.78 is 23.1. The van der Waals surface area contributed by atoms with E-state index in [2.05, 4.69) is 22.2 Å². The molecule has 1 aromatic heterocycles. The maximum atomic E-state index is 12.4. The maximum Gasteiger partial charge on any atom is 0.226 e. The first-order valence-corrected chi connectivity index (χ1v) is 10.8. The number of carbonyl (C=O) groups is 1. The Hall–Kier alpha value is -0.990. The van der Waals surface area contributed by atoms with Gasteiger partial charge in [0.05, 0.1) is 28.1 Å². The lowest BCUT2D eigenvalue weighted by Gasteiger charge is -2.35. The zero-order chi connectivity index (χ0) is 16.4. The smallest absolute Gasteiger partial charge is 0.226 e. The van der Waals surface area contributed by atoms with E-state index in [1.165, 1.54) is 0 Å². The fourth-order valence-corrected chi connectivity index (χ4v) is 5.66. The van der Waals surface area contributed by atoms with Crippen LogP contribution >= 0.6 is 11.3 Å². The summed E-state index contributed by atoms with van der Waals surface area (Å²) in [6.07, 6.45) is 1.46. The summed E-state index contributed by atoms with van der Waals surface area (Å²) >= 11 is 1.70. The molecule has 0 N–H and O–H groups in total. The molecule has 0 spiro atoms. The molecule has 1 amide bonds. The van der Waals surface area contributed by atoms with Crippen molar-refractivity contribution in [2.75, 3.05) is 37.7 Å². The van der Waals surface area contributed by atoms with Crippen molar-refractivity contribution in [2.45, 2.75) is 26.3 Å². The van der Waals surface area contributed by atoms with Gasteiger partial charge in [0.1, 0.15) is 0 Å². The number of hydrogen-bond donors (Lipinski definition) is 0. The number of sulfone groups is 1. The summed E-state index contributed by atoms with van der Waals surface area (Å²) in [5, 5.41) is 3.27. The zero-order valence-electron chi connectivity index (χ0n) is 13.4. The van der Waals surface area contributed by atoms with Crippen molar-refractivity contribution in [2.24, 2.45) is 5.92 Å². The van der Waals surface area contributed by atoms with Gasteiger partial charge in [0.25, 0.3) is 0 Å². The van der Waals surface area contributed by atoms with Gasteiger partial charge in [-0.25, -0.2) is 13.4 Å². The Kier molecular flexibility index (Phi) is 5.03. The lowest BCUT2D eigenvalue weighted by molar-refractivity contribution is -0.136. The number of rotatable bonds is 4. The van der Waals surface area contributed by atoms with Crippen LogP contribution in [0.25, 0.3) is 0 Å². The van der Waals surface area contributed by atoms with Gasteiger partial charge in [-0.2, -0.15) is 0 Å². The van der Waals surface area contributed by atoms with Crippen molar-refractivity contribution in [1.29, 1.82) is 0 Å². The molecule has 6 nitrogen and oxygen atoms in total. The second kappa shape index (κ2) is 6.86. The summed E-state index contributed by atoms with van der Waals surface area (Å²) in [5.74, 6) is -0.109. The van der Waals surface area contributed by atoms with Gasteiger partial charge in [-0.1, -0.05) is 6.92 Å². The molecule has 0 saturated carbocycles. The lowest BCUT2D eigenvalue weighted by atomic mass is 10.1. The minimum atomic E-state index is -3.00. The number of nitrogens with zero attached hydrogens (tertiary/aromatic N) is 3. The molecule has 0 aromatic carbocycles. The highest BCUT2D eigenvalue weighted by atomic mass is 32.2. The predicted octanol–water partition coefficient (Wildman–Crippen LogP) is 0.784. The Morgan fingerprint density at radius 2 is 2.09 bits per heavy atom. The quantitative estimate of drug-likeness (QED) is 0.797. The van der Waals surface area contributed by atoms with Crippen molar-refractivity contribution in [3.8, 4) is 0 Å². The highest BCUT2D eigenvalue weighted by Crippen LogP contribution is 2.22. The van der Waals surface area contributed by atoms with Gasteiger partial charge in [-0.05, 0) is 12.8 Å². The van der Waals surface area contributed by atoms with Gasteiger partial charge < -0.3 is 4.90 Å². The summed E-state index contributed by atoms with van der Waals surface area (Å²) in [6.45, 7) is 5.95. The highest BCUT2D eigenvalue weighted by Gasteiger charge is 2.36. The third-order valence-electron chi connectivity index (χ3n) is 4.55. The Morgan fingerprint density at radius 1 is 1.35 bits per heavy atom. The molecule has 1 atom stereocenters. The molecule has 8 heteroatoms. The molecule has 3 rings (SSSR count). The number of piperazine rings is 1. The summed E-state index contributed by atoms with van der Waals surface area (Å²) in [5.41, 5.74) is 1.11. The van der Waals surface area contributed by atoms with Crippen molar-refractivity contribution in [3.05, 3.63) is 16.1 Å². The molecule has 3 heterocycles. The van der Waals surface area contributed by atoms with E-state index in [4.69, 9.17) is 0 Å². The number of aryl methyl sites for hydroxylation is 1. The van der Waals surface area contributed by atoms with Gasteiger partial charge in [0.15, 0.2) is 9.84 Å². The van der Waals surface area contributed by atoms with E-state index >= 15 is 0 Å². The van der Waals surface area contributed by atoms with Gasteiger partial charge in [0, 0.05) is 38.1 Å². The van der Waals surface area contributed by atoms with Crippen LogP contribution < -0.4 is 0 Å². The molecule has 0 radical (unpaired) electrons. The molecule has 2 saturated heterocycles. The topological polar surface area (TPSA) is 70.6 Å². The average Bonchev–Trinajstić information content (AvgIpc) is 3.13. The van der Waals surface area contributed by atoms with Crippen LogP contribution in [0.15, 0.2) is 5.38 Å². The number of hydrogen-bond acceptors (Lipinski definition) is 6. The van der Waals surface area contributed by atoms with Gasteiger partial charge in [0.2, 0.25) is 5.91 Å². The summed E-state index contributed by atoms with van der Waals surface area (Å²) in [6, 6.07) is 0. The van der Waals surface area contributed by atoms with Gasteiger partial charge in [-0.3, -0.25) is 9.69 Å². The number of aromatic nitrogens is 1. The second-order valence-corrected chi connectivity index (χ2v) is 9.46. The van der Waals surface area contributed by atoms with Crippen molar-refractivity contribution in [1.82, 2.24) is 14.8 Å². The molecule has 1 unspecified atom stereocenters. The fraction of sp³-hybridized carbons (Fsp3) is 0.733. The van der Waals surface area contributed by atoms with E-state index in [1.54, 1.807) is 11.3 Å². The van der Waals surface area contributed by atoms with Crippen molar-refractivity contribution < 1.29 is 13.2 Å². The third-order valence-corrected chi connectivity index (χ3v) is 7.36.